The number of carbonyl (C=O) groups is 3. The van der Waals surface area contributed by atoms with E-state index in [1.54, 1.807) is 24.3 Å². The minimum absolute atomic E-state index is 0.179. The SMILES string of the molecule is COc1cccc(/C=C2\SC(=O)N(CC(N)=O)C2=O)c1OCc1ccc(Br)cc1. The third-order valence-electron chi connectivity index (χ3n) is 4.00. The Labute approximate surface area is 180 Å². The summed E-state index contributed by atoms with van der Waals surface area (Å²) in [6.07, 6.45) is 1.55. The average molecular weight is 477 g/mol. The summed E-state index contributed by atoms with van der Waals surface area (Å²) < 4.78 is 12.3. The number of hydrogen-bond acceptors (Lipinski definition) is 6. The van der Waals surface area contributed by atoms with Gasteiger partial charge in [-0.3, -0.25) is 19.3 Å². The largest absolute Gasteiger partial charge is 0.493 e. The number of hydrogen-bond donors (Lipinski definition) is 1. The van der Waals surface area contributed by atoms with E-state index in [0.717, 1.165) is 26.7 Å². The van der Waals surface area contributed by atoms with Crippen LogP contribution in [-0.2, 0) is 16.2 Å². The number of thioether (sulfide) groups is 1. The molecule has 1 aliphatic heterocycles. The molecule has 0 radical (unpaired) electrons. The van der Waals surface area contributed by atoms with Crippen LogP contribution in [0.1, 0.15) is 11.1 Å². The fourth-order valence-corrected chi connectivity index (χ4v) is 3.72. The maximum absolute atomic E-state index is 12.5. The number of methoxy groups -OCH3 is 1. The van der Waals surface area contributed by atoms with Crippen molar-refractivity contribution < 1.29 is 23.9 Å². The van der Waals surface area contributed by atoms with Crippen molar-refractivity contribution in [2.75, 3.05) is 13.7 Å². The Kier molecular flexibility index (Phi) is 6.60. The van der Waals surface area contributed by atoms with Crippen molar-refractivity contribution in [3.63, 3.8) is 0 Å². The first-order valence-electron chi connectivity index (χ1n) is 8.47. The first-order chi connectivity index (χ1) is 13.9. The van der Waals surface area contributed by atoms with Gasteiger partial charge in [0.15, 0.2) is 11.5 Å². The molecule has 2 aromatic rings. The van der Waals surface area contributed by atoms with Gasteiger partial charge in [0.25, 0.3) is 11.1 Å². The molecular weight excluding hydrogens is 460 g/mol. The molecule has 3 rings (SSSR count). The zero-order chi connectivity index (χ0) is 21.0. The number of ether oxygens (including phenoxy) is 2. The summed E-state index contributed by atoms with van der Waals surface area (Å²) >= 11 is 4.14. The molecule has 29 heavy (non-hydrogen) atoms. The molecule has 1 saturated heterocycles. The summed E-state index contributed by atoms with van der Waals surface area (Å²) in [5.74, 6) is -0.388. The second-order valence-electron chi connectivity index (χ2n) is 6.03. The summed E-state index contributed by atoms with van der Waals surface area (Å²) in [7, 11) is 1.52. The topological polar surface area (TPSA) is 98.9 Å². The van der Waals surface area contributed by atoms with Gasteiger partial charge in [-0.2, -0.15) is 0 Å². The Morgan fingerprint density at radius 1 is 1.21 bits per heavy atom. The van der Waals surface area contributed by atoms with Gasteiger partial charge < -0.3 is 15.2 Å². The highest BCUT2D eigenvalue weighted by atomic mass is 79.9. The molecule has 2 N–H and O–H groups in total. The molecule has 0 saturated carbocycles. The van der Waals surface area contributed by atoms with E-state index >= 15 is 0 Å². The van der Waals surface area contributed by atoms with Gasteiger partial charge in [0.05, 0.1) is 12.0 Å². The van der Waals surface area contributed by atoms with Crippen LogP contribution in [0.3, 0.4) is 0 Å². The van der Waals surface area contributed by atoms with Crippen molar-refractivity contribution >= 4 is 50.8 Å². The van der Waals surface area contributed by atoms with Gasteiger partial charge in [-0.05, 0) is 41.6 Å². The van der Waals surface area contributed by atoms with Gasteiger partial charge in [0.2, 0.25) is 5.91 Å². The van der Waals surface area contributed by atoms with Crippen molar-refractivity contribution in [2.45, 2.75) is 6.61 Å². The van der Waals surface area contributed by atoms with Crippen molar-refractivity contribution in [3.8, 4) is 11.5 Å². The van der Waals surface area contributed by atoms with Gasteiger partial charge in [0, 0.05) is 10.0 Å². The van der Waals surface area contributed by atoms with Crippen LogP contribution in [0.2, 0.25) is 0 Å². The van der Waals surface area contributed by atoms with Crippen LogP contribution in [0.4, 0.5) is 4.79 Å². The number of carbonyl (C=O) groups excluding carboxylic acids is 3. The minimum Gasteiger partial charge on any atom is -0.493 e. The molecule has 0 aliphatic carbocycles. The van der Waals surface area contributed by atoms with Crippen molar-refractivity contribution in [2.24, 2.45) is 5.73 Å². The quantitative estimate of drug-likeness (QED) is 0.613. The van der Waals surface area contributed by atoms with Crippen LogP contribution in [0.25, 0.3) is 6.08 Å². The Hall–Kier alpha value is -2.78. The normalized spacial score (nSPS) is 15.1. The third-order valence-corrected chi connectivity index (χ3v) is 5.44. The molecule has 3 amide bonds. The van der Waals surface area contributed by atoms with E-state index in [-0.39, 0.29) is 11.5 Å². The summed E-state index contributed by atoms with van der Waals surface area (Å²) in [6.45, 7) is -0.162. The first-order valence-corrected chi connectivity index (χ1v) is 10.1. The maximum Gasteiger partial charge on any atom is 0.294 e. The number of benzene rings is 2. The van der Waals surface area contributed by atoms with Crippen molar-refractivity contribution in [3.05, 3.63) is 63.0 Å². The molecule has 150 valence electrons. The zero-order valence-electron chi connectivity index (χ0n) is 15.4. The van der Waals surface area contributed by atoms with E-state index in [0.29, 0.717) is 17.1 Å². The van der Waals surface area contributed by atoms with Crippen molar-refractivity contribution in [1.82, 2.24) is 4.90 Å². The Morgan fingerprint density at radius 2 is 1.93 bits per heavy atom. The van der Waals surface area contributed by atoms with Crippen LogP contribution in [0, 0.1) is 0 Å². The van der Waals surface area contributed by atoms with E-state index in [2.05, 4.69) is 15.9 Å². The number of amides is 3. The van der Waals surface area contributed by atoms with E-state index in [1.807, 2.05) is 24.3 Å². The average Bonchev–Trinajstić information content (AvgIpc) is 2.95. The summed E-state index contributed by atoms with van der Waals surface area (Å²) in [5, 5.41) is -0.541. The van der Waals surface area contributed by atoms with Gasteiger partial charge in [-0.25, -0.2) is 0 Å². The number of imide groups is 1. The maximum atomic E-state index is 12.5. The smallest absolute Gasteiger partial charge is 0.294 e. The molecule has 0 spiro atoms. The molecule has 0 atom stereocenters. The highest BCUT2D eigenvalue weighted by Gasteiger charge is 2.36. The third kappa shape index (κ3) is 4.99. The number of para-hydroxylation sites is 1. The Balaban J connectivity index is 1.88. The lowest BCUT2D eigenvalue weighted by Crippen LogP contribution is -2.36. The molecule has 7 nitrogen and oxygen atoms in total. The minimum atomic E-state index is -0.756. The predicted octanol–water partition coefficient (Wildman–Crippen LogP) is 3.56. The van der Waals surface area contributed by atoms with Gasteiger partial charge in [-0.1, -0.05) is 40.2 Å². The van der Waals surface area contributed by atoms with E-state index in [9.17, 15) is 14.4 Å². The van der Waals surface area contributed by atoms with E-state index < -0.39 is 23.6 Å². The zero-order valence-corrected chi connectivity index (χ0v) is 17.8. The fourth-order valence-electron chi connectivity index (χ4n) is 2.63. The summed E-state index contributed by atoms with van der Waals surface area (Å²) in [4.78, 5) is 36.6. The number of nitrogens with two attached hydrogens (primary N) is 1. The fraction of sp³-hybridized carbons (Fsp3) is 0.150. The molecule has 9 heteroatoms. The Morgan fingerprint density at radius 3 is 2.59 bits per heavy atom. The highest BCUT2D eigenvalue weighted by Crippen LogP contribution is 2.37. The first kappa shape index (κ1) is 20.9. The van der Waals surface area contributed by atoms with Gasteiger partial charge in [0.1, 0.15) is 13.2 Å². The van der Waals surface area contributed by atoms with Crippen LogP contribution in [0.5, 0.6) is 11.5 Å². The lowest BCUT2D eigenvalue weighted by atomic mass is 10.1. The monoisotopic (exact) mass is 476 g/mol. The van der Waals surface area contributed by atoms with E-state index in [4.69, 9.17) is 15.2 Å². The predicted molar refractivity (Wildman–Crippen MR) is 113 cm³/mol. The summed E-state index contributed by atoms with van der Waals surface area (Å²) in [5.41, 5.74) is 6.63. The highest BCUT2D eigenvalue weighted by molar-refractivity contribution is 9.10. The van der Waals surface area contributed by atoms with Crippen LogP contribution in [-0.4, -0.2) is 35.6 Å². The van der Waals surface area contributed by atoms with Crippen molar-refractivity contribution in [1.29, 1.82) is 0 Å². The lowest BCUT2D eigenvalue weighted by Gasteiger charge is -2.14. The molecule has 0 aromatic heterocycles. The van der Waals surface area contributed by atoms with Gasteiger partial charge >= 0.3 is 0 Å². The number of nitrogens with zero attached hydrogens (tertiary/aromatic N) is 1. The lowest BCUT2D eigenvalue weighted by molar-refractivity contribution is -0.127. The second-order valence-corrected chi connectivity index (χ2v) is 7.94. The standard InChI is InChI=1S/C20H17BrN2O5S/c1-27-15-4-2-3-13(18(15)28-11-12-5-7-14(21)8-6-12)9-16-19(25)23(10-17(22)24)20(26)29-16/h2-9H,10-11H2,1H3,(H2,22,24)/b16-9-. The molecular formula is C20H17BrN2O5S. The van der Waals surface area contributed by atoms with Crippen LogP contribution in [0.15, 0.2) is 51.8 Å². The molecule has 1 heterocycles. The number of primary amides is 1. The second kappa shape index (κ2) is 9.15. The molecule has 1 aliphatic rings. The number of halogens is 1. The molecule has 0 bridgehead atoms. The van der Waals surface area contributed by atoms with Crippen LogP contribution < -0.4 is 15.2 Å². The molecule has 1 fully saturated rings. The van der Waals surface area contributed by atoms with Crippen LogP contribution >= 0.6 is 27.7 Å². The van der Waals surface area contributed by atoms with Gasteiger partial charge in [-0.15, -0.1) is 0 Å². The number of rotatable bonds is 7. The summed E-state index contributed by atoms with van der Waals surface area (Å²) in [6, 6.07) is 12.9. The Bertz CT molecular complexity index is 991. The van der Waals surface area contributed by atoms with E-state index in [1.165, 1.54) is 7.11 Å². The molecule has 0 unspecified atom stereocenters. The molecule has 2 aromatic carbocycles.